The van der Waals surface area contributed by atoms with Crippen LogP contribution in [0.5, 0.6) is 5.75 Å². The molecule has 0 radical (unpaired) electrons. The topological polar surface area (TPSA) is 87.8 Å². The van der Waals surface area contributed by atoms with E-state index in [1.54, 1.807) is 4.90 Å². The van der Waals surface area contributed by atoms with Crippen LogP contribution in [0.3, 0.4) is 0 Å². The van der Waals surface area contributed by atoms with Crippen LogP contribution < -0.4 is 15.2 Å². The minimum Gasteiger partial charge on any atom is -0.477 e. The van der Waals surface area contributed by atoms with Gasteiger partial charge in [-0.2, -0.15) is 0 Å². The van der Waals surface area contributed by atoms with Crippen molar-refractivity contribution in [2.24, 2.45) is 0 Å². The number of anilines is 1. The van der Waals surface area contributed by atoms with Crippen LogP contribution in [0.2, 0.25) is 0 Å². The summed E-state index contributed by atoms with van der Waals surface area (Å²) in [5, 5.41) is 1.86. The summed E-state index contributed by atoms with van der Waals surface area (Å²) in [7, 11) is 0. The van der Waals surface area contributed by atoms with Crippen LogP contribution in [-0.4, -0.2) is 59.7 Å². The number of carbonyl (C=O) groups excluding carboxylic acids is 1. The van der Waals surface area contributed by atoms with Gasteiger partial charge in [-0.05, 0) is 23.6 Å². The van der Waals surface area contributed by atoms with Gasteiger partial charge in [-0.1, -0.05) is 12.1 Å². The minimum absolute atomic E-state index is 0.0393. The van der Waals surface area contributed by atoms with E-state index < -0.39 is 6.10 Å². The summed E-state index contributed by atoms with van der Waals surface area (Å²) < 4.78 is 12.0. The van der Waals surface area contributed by atoms with Crippen molar-refractivity contribution in [3.8, 4) is 5.75 Å². The fourth-order valence-corrected chi connectivity index (χ4v) is 4.48. The third-order valence-electron chi connectivity index (χ3n) is 5.16. The number of nitrogens with one attached hydrogen (secondary N) is 1. The molecule has 2 aliphatic heterocycles. The second-order valence-electron chi connectivity index (χ2n) is 7.04. The lowest BCUT2D eigenvalue weighted by molar-refractivity contribution is -0.142. The maximum absolute atomic E-state index is 13.0. The zero-order valence-electron chi connectivity index (χ0n) is 15.7. The van der Waals surface area contributed by atoms with Crippen molar-refractivity contribution in [2.45, 2.75) is 12.6 Å². The van der Waals surface area contributed by atoms with Crippen LogP contribution in [0.1, 0.15) is 5.82 Å². The first-order valence-electron chi connectivity index (χ1n) is 9.52. The van der Waals surface area contributed by atoms with Crippen molar-refractivity contribution >= 4 is 33.1 Å². The molecule has 0 spiro atoms. The van der Waals surface area contributed by atoms with Gasteiger partial charge < -0.3 is 24.3 Å². The summed E-state index contributed by atoms with van der Waals surface area (Å²) in [6.07, 6.45) is -0.611. The normalized spacial score (nSPS) is 19.1. The van der Waals surface area contributed by atoms with Crippen molar-refractivity contribution in [2.75, 3.05) is 37.7 Å². The average molecular weight is 412 g/mol. The first-order chi connectivity index (χ1) is 14.2. The summed E-state index contributed by atoms with van der Waals surface area (Å²) in [6.45, 7) is 3.01. The number of hydrogen-bond acceptors (Lipinski definition) is 7. The van der Waals surface area contributed by atoms with E-state index in [2.05, 4.69) is 9.97 Å². The third-order valence-corrected chi connectivity index (χ3v) is 6.07. The number of H-pyrrole nitrogens is 1. The smallest absolute Gasteiger partial charge is 0.268 e. The molecule has 8 nitrogen and oxygen atoms in total. The summed E-state index contributed by atoms with van der Waals surface area (Å²) in [4.78, 5) is 36.6. The number of fused-ring (bicyclic) bond motifs is 2. The monoisotopic (exact) mass is 412 g/mol. The van der Waals surface area contributed by atoms with Crippen LogP contribution in [0.4, 0.5) is 5.69 Å². The van der Waals surface area contributed by atoms with Crippen molar-refractivity contribution in [1.82, 2.24) is 14.9 Å². The van der Waals surface area contributed by atoms with Gasteiger partial charge in [0, 0.05) is 13.1 Å². The number of morpholine rings is 1. The lowest BCUT2D eigenvalue weighted by Gasteiger charge is -2.38. The Kier molecular flexibility index (Phi) is 4.69. The molecular formula is C20H20N4O4S. The van der Waals surface area contributed by atoms with Crippen LogP contribution in [0, 0.1) is 0 Å². The van der Waals surface area contributed by atoms with Crippen molar-refractivity contribution < 1.29 is 14.3 Å². The van der Waals surface area contributed by atoms with Gasteiger partial charge in [-0.3, -0.25) is 9.59 Å². The molecule has 1 aromatic carbocycles. The Bertz CT molecular complexity index is 1110. The Hall–Kier alpha value is -2.91. The number of rotatable bonds is 3. The molecule has 29 heavy (non-hydrogen) atoms. The quantitative estimate of drug-likeness (QED) is 0.703. The van der Waals surface area contributed by atoms with Gasteiger partial charge in [0.2, 0.25) is 0 Å². The number of ether oxygens (including phenoxy) is 2. The van der Waals surface area contributed by atoms with E-state index in [4.69, 9.17) is 9.47 Å². The first-order valence-corrected chi connectivity index (χ1v) is 10.4. The van der Waals surface area contributed by atoms with E-state index in [0.717, 1.165) is 5.69 Å². The number of thiophene rings is 1. The Balaban J connectivity index is 1.44. The molecule has 1 atom stereocenters. The molecule has 2 aliphatic rings. The van der Waals surface area contributed by atoms with E-state index in [1.807, 2.05) is 40.6 Å². The van der Waals surface area contributed by atoms with Crippen molar-refractivity contribution in [3.05, 3.63) is 51.9 Å². The summed E-state index contributed by atoms with van der Waals surface area (Å²) in [6, 6.07) is 9.47. The number of amides is 1. The molecule has 2 aromatic heterocycles. The highest BCUT2D eigenvalue weighted by molar-refractivity contribution is 7.17. The van der Waals surface area contributed by atoms with Gasteiger partial charge in [-0.15, -0.1) is 11.3 Å². The maximum Gasteiger partial charge on any atom is 0.268 e. The van der Waals surface area contributed by atoms with Crippen LogP contribution in [0.15, 0.2) is 40.5 Å². The molecule has 4 heterocycles. The third kappa shape index (κ3) is 3.47. The fourth-order valence-electron chi connectivity index (χ4n) is 3.75. The Morgan fingerprint density at radius 3 is 2.93 bits per heavy atom. The van der Waals surface area contributed by atoms with Gasteiger partial charge >= 0.3 is 0 Å². The summed E-state index contributed by atoms with van der Waals surface area (Å²) >= 11 is 1.38. The average Bonchev–Trinajstić information content (AvgIpc) is 3.23. The van der Waals surface area contributed by atoms with Crippen molar-refractivity contribution in [3.63, 3.8) is 0 Å². The predicted octanol–water partition coefficient (Wildman–Crippen LogP) is 1.61. The molecule has 0 bridgehead atoms. The van der Waals surface area contributed by atoms with Gasteiger partial charge in [0.05, 0.1) is 37.5 Å². The van der Waals surface area contributed by atoms with E-state index in [9.17, 15) is 9.59 Å². The number of aromatic amines is 1. The molecule has 3 aromatic rings. The fraction of sp³-hybridized carbons (Fsp3) is 0.350. The largest absolute Gasteiger partial charge is 0.477 e. The van der Waals surface area contributed by atoms with E-state index >= 15 is 0 Å². The molecule has 0 saturated carbocycles. The van der Waals surface area contributed by atoms with E-state index in [1.165, 1.54) is 11.3 Å². The minimum atomic E-state index is -0.611. The first kappa shape index (κ1) is 18.1. The number of carbonyl (C=O) groups is 1. The molecule has 1 N–H and O–H groups in total. The molecular weight excluding hydrogens is 392 g/mol. The van der Waals surface area contributed by atoms with Gasteiger partial charge in [0.25, 0.3) is 11.5 Å². The molecule has 0 aliphatic carbocycles. The van der Waals surface area contributed by atoms with Gasteiger partial charge in [-0.25, -0.2) is 4.98 Å². The number of aromatic nitrogens is 2. The second kappa shape index (κ2) is 7.49. The standard InChI is InChI=1S/C20H20N4O4S/c25-19-18-13(5-10-29-18)21-17(22-19)12-24-11-16(20(26)23-6-8-27-9-7-23)28-15-4-2-1-3-14(15)24/h1-5,10,16H,6-9,11-12H2,(H,21,22,25)/t16-/m1/s1. The highest BCUT2D eigenvalue weighted by atomic mass is 32.1. The lowest BCUT2D eigenvalue weighted by Crippen LogP contribution is -2.53. The number of nitrogens with zero attached hydrogens (tertiary/aromatic N) is 3. The lowest BCUT2D eigenvalue weighted by atomic mass is 10.1. The molecule has 1 amide bonds. The van der Waals surface area contributed by atoms with Crippen LogP contribution in [0.25, 0.3) is 10.2 Å². The Morgan fingerprint density at radius 1 is 1.24 bits per heavy atom. The molecule has 150 valence electrons. The van der Waals surface area contributed by atoms with Gasteiger partial charge in [0.1, 0.15) is 16.3 Å². The number of benzene rings is 1. The molecule has 1 saturated heterocycles. The highest BCUT2D eigenvalue weighted by Crippen LogP contribution is 2.34. The summed E-state index contributed by atoms with van der Waals surface area (Å²) in [5.74, 6) is 1.18. The van der Waals surface area contributed by atoms with Crippen LogP contribution in [-0.2, 0) is 16.1 Å². The number of hydrogen-bond donors (Lipinski definition) is 1. The Morgan fingerprint density at radius 2 is 2.07 bits per heavy atom. The van der Waals surface area contributed by atoms with E-state index in [-0.39, 0.29) is 11.5 Å². The molecule has 9 heteroatoms. The molecule has 0 unspecified atom stereocenters. The van der Waals surface area contributed by atoms with Gasteiger partial charge in [0.15, 0.2) is 6.10 Å². The Labute approximate surface area is 170 Å². The van der Waals surface area contributed by atoms with Crippen LogP contribution >= 0.6 is 11.3 Å². The van der Waals surface area contributed by atoms with E-state index in [0.29, 0.717) is 61.2 Å². The SMILES string of the molecule is O=C([C@H]1CN(Cc2nc3ccsc3c(=O)[nH]2)c2ccccc2O1)N1CCOCC1. The van der Waals surface area contributed by atoms with Crippen molar-refractivity contribution in [1.29, 1.82) is 0 Å². The highest BCUT2D eigenvalue weighted by Gasteiger charge is 2.34. The second-order valence-corrected chi connectivity index (χ2v) is 7.96. The zero-order valence-corrected chi connectivity index (χ0v) is 16.5. The zero-order chi connectivity index (χ0) is 19.8. The molecule has 5 rings (SSSR count). The predicted molar refractivity (Wildman–Crippen MR) is 110 cm³/mol. The number of para-hydroxylation sites is 2. The molecule has 1 fully saturated rings. The summed E-state index contributed by atoms with van der Waals surface area (Å²) in [5.41, 5.74) is 1.44. The maximum atomic E-state index is 13.0.